The molecule has 4 rings (SSSR count). The Balaban J connectivity index is 1.32. The number of thiazole rings is 1. The van der Waals surface area contributed by atoms with Crippen molar-refractivity contribution >= 4 is 38.5 Å². The zero-order chi connectivity index (χ0) is 20.9. The van der Waals surface area contributed by atoms with Crippen molar-refractivity contribution in [2.45, 2.75) is 39.0 Å². The molecule has 6 heteroatoms. The van der Waals surface area contributed by atoms with Gasteiger partial charge in [0.2, 0.25) is 11.8 Å². The van der Waals surface area contributed by atoms with E-state index in [9.17, 15) is 9.59 Å². The molecule has 0 aliphatic carbocycles. The molecule has 5 nitrogen and oxygen atoms in total. The first-order valence-corrected chi connectivity index (χ1v) is 11.4. The number of hydrogen-bond donors (Lipinski definition) is 1. The van der Waals surface area contributed by atoms with Gasteiger partial charge in [0, 0.05) is 19.5 Å². The van der Waals surface area contributed by atoms with Gasteiger partial charge in [-0.1, -0.05) is 54.7 Å². The lowest BCUT2D eigenvalue weighted by atomic mass is 9.90. The zero-order valence-corrected chi connectivity index (χ0v) is 18.1. The maximum absolute atomic E-state index is 12.8. The fraction of sp³-hybridized carbons (Fsp3) is 0.375. The summed E-state index contributed by atoms with van der Waals surface area (Å²) in [7, 11) is 0. The van der Waals surface area contributed by atoms with Crippen LogP contribution in [0.4, 0.5) is 5.13 Å². The minimum absolute atomic E-state index is 0.0416. The maximum Gasteiger partial charge on any atom is 0.226 e. The SMILES string of the molecule is CCC(=O)Nc1nc2ccc(CC(=O)N3CCC(Cc4ccccc4)CC3)cc2s1. The van der Waals surface area contributed by atoms with Gasteiger partial charge in [-0.15, -0.1) is 0 Å². The van der Waals surface area contributed by atoms with E-state index in [1.165, 1.54) is 16.9 Å². The van der Waals surface area contributed by atoms with Crippen LogP contribution in [0.25, 0.3) is 10.2 Å². The number of likely N-dealkylation sites (tertiary alicyclic amines) is 1. The molecule has 30 heavy (non-hydrogen) atoms. The van der Waals surface area contributed by atoms with Crippen LogP contribution in [0.3, 0.4) is 0 Å². The van der Waals surface area contributed by atoms with E-state index in [-0.39, 0.29) is 11.8 Å². The standard InChI is InChI=1S/C24H27N3O2S/c1-2-22(28)26-24-25-20-9-8-19(15-21(20)30-24)16-23(29)27-12-10-18(11-13-27)14-17-6-4-3-5-7-17/h3-9,15,18H,2,10-14,16H2,1H3,(H,25,26,28). The van der Waals surface area contributed by atoms with E-state index >= 15 is 0 Å². The molecule has 0 saturated carbocycles. The highest BCUT2D eigenvalue weighted by Gasteiger charge is 2.23. The van der Waals surface area contributed by atoms with Gasteiger partial charge in [0.15, 0.2) is 5.13 Å². The van der Waals surface area contributed by atoms with Gasteiger partial charge in [-0.3, -0.25) is 9.59 Å². The summed E-state index contributed by atoms with van der Waals surface area (Å²) < 4.78 is 0.994. The Hall–Kier alpha value is -2.73. The average Bonchev–Trinajstić information content (AvgIpc) is 3.16. The molecule has 1 saturated heterocycles. The van der Waals surface area contributed by atoms with Gasteiger partial charge in [0.1, 0.15) is 0 Å². The number of nitrogens with one attached hydrogen (secondary N) is 1. The van der Waals surface area contributed by atoms with Crippen LogP contribution in [0.2, 0.25) is 0 Å². The van der Waals surface area contributed by atoms with Crippen LogP contribution < -0.4 is 5.32 Å². The Morgan fingerprint density at radius 2 is 1.87 bits per heavy atom. The molecule has 0 radical (unpaired) electrons. The van der Waals surface area contributed by atoms with Crippen LogP contribution in [0.15, 0.2) is 48.5 Å². The molecule has 156 valence electrons. The van der Waals surface area contributed by atoms with Crippen LogP contribution >= 0.6 is 11.3 Å². The summed E-state index contributed by atoms with van der Waals surface area (Å²) in [5.74, 6) is 0.804. The molecule has 0 spiro atoms. The highest BCUT2D eigenvalue weighted by atomic mass is 32.1. The third kappa shape index (κ3) is 5.05. The number of amides is 2. The van der Waals surface area contributed by atoms with Crippen molar-refractivity contribution in [1.29, 1.82) is 0 Å². The lowest BCUT2D eigenvalue weighted by molar-refractivity contribution is -0.131. The Morgan fingerprint density at radius 3 is 2.60 bits per heavy atom. The van der Waals surface area contributed by atoms with Gasteiger partial charge in [0.05, 0.1) is 16.6 Å². The second kappa shape index (κ2) is 9.39. The number of piperidine rings is 1. The number of fused-ring (bicyclic) bond motifs is 1. The monoisotopic (exact) mass is 421 g/mol. The molecular formula is C24H27N3O2S. The van der Waals surface area contributed by atoms with Crippen LogP contribution in [0.5, 0.6) is 0 Å². The fourth-order valence-electron chi connectivity index (χ4n) is 3.96. The van der Waals surface area contributed by atoms with Crippen LogP contribution in [0, 0.1) is 5.92 Å². The Labute approximate surface area is 181 Å². The van der Waals surface area contributed by atoms with Crippen molar-refractivity contribution < 1.29 is 9.59 Å². The van der Waals surface area contributed by atoms with E-state index in [1.807, 2.05) is 30.0 Å². The number of nitrogens with zero attached hydrogens (tertiary/aromatic N) is 2. The van der Waals surface area contributed by atoms with Gasteiger partial charge in [-0.25, -0.2) is 4.98 Å². The van der Waals surface area contributed by atoms with Gasteiger partial charge >= 0.3 is 0 Å². The van der Waals surface area contributed by atoms with E-state index in [2.05, 4.69) is 40.6 Å². The van der Waals surface area contributed by atoms with E-state index < -0.39 is 0 Å². The molecule has 2 aromatic carbocycles. The molecule has 0 atom stereocenters. The number of anilines is 1. The van der Waals surface area contributed by atoms with E-state index in [4.69, 9.17) is 0 Å². The van der Waals surface area contributed by atoms with Crippen molar-refractivity contribution in [2.75, 3.05) is 18.4 Å². The van der Waals surface area contributed by atoms with Gasteiger partial charge in [-0.2, -0.15) is 0 Å². The number of aromatic nitrogens is 1. The van der Waals surface area contributed by atoms with Gasteiger partial charge in [0.25, 0.3) is 0 Å². The Kier molecular flexibility index (Phi) is 6.43. The highest BCUT2D eigenvalue weighted by Crippen LogP contribution is 2.28. The third-order valence-electron chi connectivity index (χ3n) is 5.71. The summed E-state index contributed by atoms with van der Waals surface area (Å²) in [6.07, 6.45) is 4.07. The summed E-state index contributed by atoms with van der Waals surface area (Å²) in [5, 5.41) is 3.42. The predicted octanol–water partition coefficient (Wildman–Crippen LogP) is 4.67. The highest BCUT2D eigenvalue weighted by molar-refractivity contribution is 7.22. The number of carbonyl (C=O) groups is 2. The molecule has 2 heterocycles. The molecule has 3 aromatic rings. The van der Waals surface area contributed by atoms with Crippen molar-refractivity contribution in [3.63, 3.8) is 0 Å². The summed E-state index contributed by atoms with van der Waals surface area (Å²) >= 11 is 1.45. The smallest absolute Gasteiger partial charge is 0.226 e. The summed E-state index contributed by atoms with van der Waals surface area (Å²) in [4.78, 5) is 30.8. The molecule has 1 aliphatic rings. The van der Waals surface area contributed by atoms with Crippen molar-refractivity contribution in [2.24, 2.45) is 5.92 Å². The van der Waals surface area contributed by atoms with Crippen LogP contribution in [-0.2, 0) is 22.4 Å². The number of benzene rings is 2. The van der Waals surface area contributed by atoms with Gasteiger partial charge < -0.3 is 10.2 Å². The third-order valence-corrected chi connectivity index (χ3v) is 6.64. The van der Waals surface area contributed by atoms with E-state index in [0.29, 0.717) is 23.9 Å². The molecule has 2 amide bonds. The number of hydrogen-bond acceptors (Lipinski definition) is 4. The number of carbonyl (C=O) groups excluding carboxylic acids is 2. The molecule has 0 bridgehead atoms. The average molecular weight is 422 g/mol. The molecular weight excluding hydrogens is 394 g/mol. The fourth-order valence-corrected chi connectivity index (χ4v) is 4.91. The normalized spacial score (nSPS) is 14.8. The minimum Gasteiger partial charge on any atom is -0.342 e. The van der Waals surface area contributed by atoms with Gasteiger partial charge in [-0.05, 0) is 48.4 Å². The maximum atomic E-state index is 12.8. The minimum atomic E-state index is -0.0416. The second-order valence-electron chi connectivity index (χ2n) is 7.91. The number of rotatable bonds is 6. The van der Waals surface area contributed by atoms with Crippen molar-refractivity contribution in [3.05, 3.63) is 59.7 Å². The van der Waals surface area contributed by atoms with E-state index in [0.717, 1.165) is 48.1 Å². The largest absolute Gasteiger partial charge is 0.342 e. The molecule has 0 unspecified atom stereocenters. The lowest BCUT2D eigenvalue weighted by Gasteiger charge is -2.32. The first kappa shape index (κ1) is 20.5. The Bertz CT molecular complexity index is 1020. The van der Waals surface area contributed by atoms with Crippen LogP contribution in [-0.4, -0.2) is 34.8 Å². The van der Waals surface area contributed by atoms with Crippen LogP contribution in [0.1, 0.15) is 37.3 Å². The topological polar surface area (TPSA) is 62.3 Å². The first-order chi connectivity index (χ1) is 14.6. The molecule has 1 aliphatic heterocycles. The summed E-state index contributed by atoms with van der Waals surface area (Å²) in [5.41, 5.74) is 3.23. The van der Waals surface area contributed by atoms with Crippen molar-refractivity contribution in [3.8, 4) is 0 Å². The Morgan fingerprint density at radius 1 is 1.10 bits per heavy atom. The lowest BCUT2D eigenvalue weighted by Crippen LogP contribution is -2.39. The molecule has 1 aromatic heterocycles. The molecule has 1 N–H and O–H groups in total. The zero-order valence-electron chi connectivity index (χ0n) is 17.3. The van der Waals surface area contributed by atoms with E-state index in [1.54, 1.807) is 0 Å². The second-order valence-corrected chi connectivity index (χ2v) is 8.94. The predicted molar refractivity (Wildman–Crippen MR) is 122 cm³/mol. The quantitative estimate of drug-likeness (QED) is 0.629. The molecule has 1 fully saturated rings. The summed E-state index contributed by atoms with van der Waals surface area (Å²) in [6.45, 7) is 3.50. The van der Waals surface area contributed by atoms with Crippen molar-refractivity contribution in [1.82, 2.24) is 9.88 Å². The first-order valence-electron chi connectivity index (χ1n) is 10.6. The summed E-state index contributed by atoms with van der Waals surface area (Å²) in [6, 6.07) is 16.5.